The first-order valence-corrected chi connectivity index (χ1v) is 5.82. The van der Waals surface area contributed by atoms with Gasteiger partial charge in [0, 0.05) is 24.8 Å². The van der Waals surface area contributed by atoms with Gasteiger partial charge in [-0.1, -0.05) is 11.6 Å². The highest BCUT2D eigenvalue weighted by Crippen LogP contribution is 2.27. The molecule has 0 aliphatic carbocycles. The fraction of sp³-hybridized carbons (Fsp3) is 0.500. The van der Waals surface area contributed by atoms with Crippen LogP contribution in [0.3, 0.4) is 0 Å². The van der Waals surface area contributed by atoms with E-state index in [1.165, 1.54) is 0 Å². The second kappa shape index (κ2) is 5.41. The van der Waals surface area contributed by atoms with Crippen molar-refractivity contribution in [3.05, 3.63) is 23.2 Å². The van der Waals surface area contributed by atoms with E-state index in [1.54, 1.807) is 7.11 Å². The van der Waals surface area contributed by atoms with E-state index in [1.807, 2.05) is 18.2 Å². The summed E-state index contributed by atoms with van der Waals surface area (Å²) in [6.07, 6.45) is 1.14. The molecule has 2 rings (SSSR count). The van der Waals surface area contributed by atoms with Crippen molar-refractivity contribution in [2.45, 2.75) is 6.42 Å². The van der Waals surface area contributed by atoms with Crippen LogP contribution in [-0.2, 0) is 4.74 Å². The first kappa shape index (κ1) is 11.6. The topological polar surface area (TPSA) is 30.5 Å². The van der Waals surface area contributed by atoms with Gasteiger partial charge in [0.25, 0.3) is 0 Å². The van der Waals surface area contributed by atoms with Crippen molar-refractivity contribution in [2.24, 2.45) is 5.92 Å². The molecule has 3 nitrogen and oxygen atoms in total. The van der Waals surface area contributed by atoms with Gasteiger partial charge in [0.1, 0.15) is 5.75 Å². The molecule has 1 saturated heterocycles. The molecule has 88 valence electrons. The molecule has 0 bridgehead atoms. The molecular weight excluding hydrogens is 226 g/mol. The standard InChI is InChI=1S/C12H16ClNO2/c1-15-12-3-2-10(6-11(12)13)14-7-9-4-5-16-8-9/h2-3,6,9,14H,4-5,7-8H2,1H3. The minimum absolute atomic E-state index is 0.612. The van der Waals surface area contributed by atoms with Crippen LogP contribution in [0.2, 0.25) is 5.02 Å². The molecule has 0 amide bonds. The molecule has 16 heavy (non-hydrogen) atoms. The maximum atomic E-state index is 6.04. The summed E-state index contributed by atoms with van der Waals surface area (Å²) >= 11 is 6.04. The number of hydrogen-bond donors (Lipinski definition) is 1. The zero-order chi connectivity index (χ0) is 11.4. The first-order chi connectivity index (χ1) is 7.79. The van der Waals surface area contributed by atoms with Crippen LogP contribution in [0.25, 0.3) is 0 Å². The molecule has 1 unspecified atom stereocenters. The van der Waals surface area contributed by atoms with Crippen molar-refractivity contribution < 1.29 is 9.47 Å². The second-order valence-corrected chi connectivity index (χ2v) is 4.37. The van der Waals surface area contributed by atoms with Crippen molar-refractivity contribution in [1.82, 2.24) is 0 Å². The minimum Gasteiger partial charge on any atom is -0.495 e. The van der Waals surface area contributed by atoms with Crippen molar-refractivity contribution in [1.29, 1.82) is 0 Å². The highest BCUT2D eigenvalue weighted by Gasteiger charge is 2.15. The normalized spacial score (nSPS) is 19.8. The number of methoxy groups -OCH3 is 1. The monoisotopic (exact) mass is 241 g/mol. The number of rotatable bonds is 4. The number of hydrogen-bond acceptors (Lipinski definition) is 3. The van der Waals surface area contributed by atoms with Crippen LogP contribution in [0.4, 0.5) is 5.69 Å². The maximum Gasteiger partial charge on any atom is 0.137 e. The molecule has 1 atom stereocenters. The summed E-state index contributed by atoms with van der Waals surface area (Å²) < 4.78 is 10.4. The number of nitrogens with one attached hydrogen (secondary N) is 1. The van der Waals surface area contributed by atoms with Gasteiger partial charge in [-0.2, -0.15) is 0 Å². The van der Waals surface area contributed by atoms with Crippen LogP contribution >= 0.6 is 11.6 Å². The van der Waals surface area contributed by atoms with Gasteiger partial charge in [-0.3, -0.25) is 0 Å². The quantitative estimate of drug-likeness (QED) is 0.879. The Bertz CT molecular complexity index is 351. The maximum absolute atomic E-state index is 6.04. The van der Waals surface area contributed by atoms with Gasteiger partial charge in [0.2, 0.25) is 0 Å². The van der Waals surface area contributed by atoms with Crippen LogP contribution in [0, 0.1) is 5.92 Å². The lowest BCUT2D eigenvalue weighted by atomic mass is 10.1. The smallest absolute Gasteiger partial charge is 0.137 e. The lowest BCUT2D eigenvalue weighted by Gasteiger charge is -2.11. The zero-order valence-corrected chi connectivity index (χ0v) is 10.1. The Morgan fingerprint density at radius 1 is 1.56 bits per heavy atom. The van der Waals surface area contributed by atoms with Crippen LogP contribution in [0.15, 0.2) is 18.2 Å². The summed E-state index contributed by atoms with van der Waals surface area (Å²) in [5.41, 5.74) is 1.03. The van der Waals surface area contributed by atoms with E-state index in [0.29, 0.717) is 16.7 Å². The molecule has 1 N–H and O–H groups in total. The minimum atomic E-state index is 0.612. The van der Waals surface area contributed by atoms with Gasteiger partial charge in [-0.05, 0) is 24.6 Å². The van der Waals surface area contributed by atoms with Gasteiger partial charge in [-0.25, -0.2) is 0 Å². The van der Waals surface area contributed by atoms with E-state index >= 15 is 0 Å². The molecule has 0 aromatic heterocycles. The average molecular weight is 242 g/mol. The zero-order valence-electron chi connectivity index (χ0n) is 9.33. The molecular formula is C12H16ClNO2. The summed E-state index contributed by atoms with van der Waals surface area (Å²) in [5.74, 6) is 1.32. The average Bonchev–Trinajstić information content (AvgIpc) is 2.79. The molecule has 0 saturated carbocycles. The Morgan fingerprint density at radius 2 is 2.44 bits per heavy atom. The molecule has 1 aliphatic rings. The van der Waals surface area contributed by atoms with Crippen molar-refractivity contribution in [3.63, 3.8) is 0 Å². The Morgan fingerprint density at radius 3 is 3.06 bits per heavy atom. The Kier molecular flexibility index (Phi) is 3.91. The molecule has 0 spiro atoms. The lowest BCUT2D eigenvalue weighted by molar-refractivity contribution is 0.187. The van der Waals surface area contributed by atoms with Gasteiger partial charge in [0.05, 0.1) is 18.7 Å². The van der Waals surface area contributed by atoms with Crippen molar-refractivity contribution >= 4 is 17.3 Å². The molecule has 1 aromatic carbocycles. The predicted molar refractivity (Wildman–Crippen MR) is 65.4 cm³/mol. The Labute approximate surface area is 101 Å². The van der Waals surface area contributed by atoms with Crippen LogP contribution < -0.4 is 10.1 Å². The number of anilines is 1. The van der Waals surface area contributed by atoms with Crippen LogP contribution in [-0.4, -0.2) is 26.9 Å². The molecule has 1 heterocycles. The Balaban J connectivity index is 1.91. The van der Waals surface area contributed by atoms with Gasteiger partial charge < -0.3 is 14.8 Å². The second-order valence-electron chi connectivity index (χ2n) is 3.96. The van der Waals surface area contributed by atoms with Crippen molar-refractivity contribution in [3.8, 4) is 5.75 Å². The van der Waals surface area contributed by atoms with E-state index < -0.39 is 0 Å². The summed E-state index contributed by atoms with van der Waals surface area (Å²) in [4.78, 5) is 0. The van der Waals surface area contributed by atoms with E-state index in [2.05, 4.69) is 5.32 Å². The molecule has 4 heteroatoms. The third-order valence-corrected chi connectivity index (χ3v) is 3.07. The summed E-state index contributed by atoms with van der Waals surface area (Å²) in [6.45, 7) is 2.68. The van der Waals surface area contributed by atoms with E-state index in [9.17, 15) is 0 Å². The summed E-state index contributed by atoms with van der Waals surface area (Å²) in [7, 11) is 1.62. The third kappa shape index (κ3) is 2.80. The van der Waals surface area contributed by atoms with E-state index in [-0.39, 0.29) is 0 Å². The molecule has 1 fully saturated rings. The summed E-state index contributed by atoms with van der Waals surface area (Å²) in [6, 6.07) is 5.73. The van der Waals surface area contributed by atoms with Gasteiger partial charge in [-0.15, -0.1) is 0 Å². The van der Waals surface area contributed by atoms with Crippen molar-refractivity contribution in [2.75, 3.05) is 32.2 Å². The fourth-order valence-electron chi connectivity index (χ4n) is 1.78. The molecule has 1 aromatic rings. The van der Waals surface area contributed by atoms with Gasteiger partial charge in [0.15, 0.2) is 0 Å². The Hall–Kier alpha value is -0.930. The lowest BCUT2D eigenvalue weighted by Crippen LogP contribution is -2.13. The third-order valence-electron chi connectivity index (χ3n) is 2.77. The van der Waals surface area contributed by atoms with E-state index in [4.69, 9.17) is 21.1 Å². The SMILES string of the molecule is COc1ccc(NCC2CCOC2)cc1Cl. The van der Waals surface area contributed by atoms with Gasteiger partial charge >= 0.3 is 0 Å². The first-order valence-electron chi connectivity index (χ1n) is 5.45. The highest BCUT2D eigenvalue weighted by molar-refractivity contribution is 6.32. The number of ether oxygens (including phenoxy) is 2. The molecule has 0 radical (unpaired) electrons. The number of benzene rings is 1. The fourth-order valence-corrected chi connectivity index (χ4v) is 2.04. The number of halogens is 1. The highest BCUT2D eigenvalue weighted by atomic mass is 35.5. The largest absolute Gasteiger partial charge is 0.495 e. The molecule has 1 aliphatic heterocycles. The van der Waals surface area contributed by atoms with Crippen LogP contribution in [0.1, 0.15) is 6.42 Å². The summed E-state index contributed by atoms with van der Waals surface area (Å²) in [5, 5.41) is 3.99. The predicted octanol–water partition coefficient (Wildman–Crippen LogP) is 2.80. The van der Waals surface area contributed by atoms with E-state index in [0.717, 1.165) is 31.9 Å². The van der Waals surface area contributed by atoms with Crippen LogP contribution in [0.5, 0.6) is 5.75 Å².